The Kier molecular flexibility index (Phi) is 6.17. The van der Waals surface area contributed by atoms with E-state index < -0.39 is 18.6 Å². The van der Waals surface area contributed by atoms with E-state index in [1.807, 2.05) is 0 Å². The number of ether oxygens (including phenoxy) is 3. The molecular formula is C13H17F2NO4. The van der Waals surface area contributed by atoms with Crippen LogP contribution in [0.2, 0.25) is 0 Å². The number of rotatable bonds is 7. The minimum Gasteiger partial charge on any atom is -0.493 e. The molecule has 1 unspecified atom stereocenters. The Hall–Kier alpha value is -1.89. The zero-order chi connectivity index (χ0) is 15.1. The normalized spacial score (nSPS) is 12.1. The van der Waals surface area contributed by atoms with Crippen molar-refractivity contribution in [1.82, 2.24) is 5.32 Å². The molecule has 1 rings (SSSR count). The van der Waals surface area contributed by atoms with E-state index in [2.05, 4.69) is 14.8 Å². The monoisotopic (exact) mass is 289 g/mol. The van der Waals surface area contributed by atoms with E-state index in [9.17, 15) is 13.6 Å². The number of hydrogen-bond donors (Lipinski definition) is 1. The molecule has 0 amide bonds. The molecule has 0 aliphatic heterocycles. The summed E-state index contributed by atoms with van der Waals surface area (Å²) in [5.41, 5.74) is 0.678. The highest BCUT2D eigenvalue weighted by atomic mass is 19.3. The topological polar surface area (TPSA) is 56.8 Å². The highest BCUT2D eigenvalue weighted by Crippen LogP contribution is 2.29. The molecule has 0 spiro atoms. The van der Waals surface area contributed by atoms with Crippen LogP contribution in [0.1, 0.15) is 12.5 Å². The quantitative estimate of drug-likeness (QED) is 0.777. The van der Waals surface area contributed by atoms with E-state index in [0.717, 1.165) is 0 Å². The lowest BCUT2D eigenvalue weighted by Crippen LogP contribution is -2.34. The molecule has 1 N–H and O–H groups in total. The second kappa shape index (κ2) is 7.64. The number of methoxy groups -OCH3 is 2. The first-order valence-corrected chi connectivity index (χ1v) is 5.90. The van der Waals surface area contributed by atoms with Crippen LogP contribution in [-0.4, -0.2) is 32.8 Å². The van der Waals surface area contributed by atoms with Gasteiger partial charge >= 0.3 is 12.6 Å². The molecule has 1 atom stereocenters. The van der Waals surface area contributed by atoms with E-state index in [1.54, 1.807) is 13.0 Å². The van der Waals surface area contributed by atoms with Crippen LogP contribution in [0.4, 0.5) is 8.78 Å². The SMILES string of the molecule is COC(=O)C(C)NCc1ccc(OC)c(OC(F)F)c1. The summed E-state index contributed by atoms with van der Waals surface area (Å²) < 4.78 is 38.4. The van der Waals surface area contributed by atoms with Crippen LogP contribution in [0.15, 0.2) is 18.2 Å². The maximum atomic E-state index is 12.3. The summed E-state index contributed by atoms with van der Waals surface area (Å²) in [4.78, 5) is 11.2. The molecule has 0 heterocycles. The summed E-state index contributed by atoms with van der Waals surface area (Å²) >= 11 is 0. The Bertz CT molecular complexity index is 454. The summed E-state index contributed by atoms with van der Waals surface area (Å²) in [7, 11) is 2.66. The van der Waals surface area contributed by atoms with Crippen molar-refractivity contribution in [2.24, 2.45) is 0 Å². The number of alkyl halides is 2. The number of nitrogens with one attached hydrogen (secondary N) is 1. The molecule has 0 aromatic heterocycles. The number of carbonyl (C=O) groups excluding carboxylic acids is 1. The molecular weight excluding hydrogens is 272 g/mol. The van der Waals surface area contributed by atoms with Crippen molar-refractivity contribution < 1.29 is 27.8 Å². The average molecular weight is 289 g/mol. The second-order valence-corrected chi connectivity index (χ2v) is 3.99. The molecule has 5 nitrogen and oxygen atoms in total. The van der Waals surface area contributed by atoms with Crippen LogP contribution < -0.4 is 14.8 Å². The van der Waals surface area contributed by atoms with Gasteiger partial charge in [-0.3, -0.25) is 4.79 Å². The fraction of sp³-hybridized carbons (Fsp3) is 0.462. The summed E-state index contributed by atoms with van der Waals surface area (Å²) in [5.74, 6) is -0.231. The highest BCUT2D eigenvalue weighted by Gasteiger charge is 2.14. The molecule has 0 radical (unpaired) electrons. The zero-order valence-corrected chi connectivity index (χ0v) is 11.5. The number of esters is 1. The van der Waals surface area contributed by atoms with Gasteiger partial charge in [-0.15, -0.1) is 0 Å². The van der Waals surface area contributed by atoms with Crippen LogP contribution in [0.25, 0.3) is 0 Å². The van der Waals surface area contributed by atoms with Gasteiger partial charge in [-0.25, -0.2) is 0 Å². The standard InChI is InChI=1S/C13H17F2NO4/c1-8(12(17)19-3)16-7-9-4-5-10(18-2)11(6-9)20-13(14)15/h4-6,8,13,16H,7H2,1-3H3. The second-order valence-electron chi connectivity index (χ2n) is 3.99. The molecule has 7 heteroatoms. The van der Waals surface area contributed by atoms with Crippen LogP contribution >= 0.6 is 0 Å². The lowest BCUT2D eigenvalue weighted by molar-refractivity contribution is -0.142. The van der Waals surface area contributed by atoms with E-state index >= 15 is 0 Å². The van der Waals surface area contributed by atoms with Crippen LogP contribution in [0, 0.1) is 0 Å². The Balaban J connectivity index is 2.74. The minimum absolute atomic E-state index is 0.0486. The van der Waals surface area contributed by atoms with Gasteiger partial charge in [0.25, 0.3) is 0 Å². The molecule has 0 fully saturated rings. The summed E-state index contributed by atoms with van der Waals surface area (Å²) in [5, 5.41) is 2.91. The molecule has 0 aliphatic carbocycles. The first-order valence-electron chi connectivity index (χ1n) is 5.90. The molecule has 0 aliphatic rings. The average Bonchev–Trinajstić information content (AvgIpc) is 2.43. The van der Waals surface area contributed by atoms with E-state index in [1.165, 1.54) is 26.4 Å². The Morgan fingerprint density at radius 1 is 1.30 bits per heavy atom. The van der Waals surface area contributed by atoms with Gasteiger partial charge in [-0.05, 0) is 24.6 Å². The number of hydrogen-bond acceptors (Lipinski definition) is 5. The van der Waals surface area contributed by atoms with E-state index in [-0.39, 0.29) is 11.5 Å². The first-order chi connectivity index (χ1) is 9.47. The summed E-state index contributed by atoms with van der Waals surface area (Å²) in [6, 6.07) is 4.15. The predicted octanol–water partition coefficient (Wildman–Crippen LogP) is 1.95. The maximum absolute atomic E-state index is 12.3. The maximum Gasteiger partial charge on any atom is 0.387 e. The fourth-order valence-electron chi connectivity index (χ4n) is 1.55. The third-order valence-corrected chi connectivity index (χ3v) is 2.61. The first kappa shape index (κ1) is 16.2. The van der Waals surface area contributed by atoms with E-state index in [4.69, 9.17) is 4.74 Å². The third kappa shape index (κ3) is 4.65. The van der Waals surface area contributed by atoms with Gasteiger partial charge in [-0.1, -0.05) is 6.07 Å². The Morgan fingerprint density at radius 2 is 2.00 bits per heavy atom. The molecule has 112 valence electrons. The van der Waals surface area contributed by atoms with Gasteiger partial charge in [0, 0.05) is 6.54 Å². The predicted molar refractivity (Wildman–Crippen MR) is 67.9 cm³/mol. The molecule has 20 heavy (non-hydrogen) atoms. The van der Waals surface area contributed by atoms with Crippen molar-refractivity contribution in [3.8, 4) is 11.5 Å². The van der Waals surface area contributed by atoms with Crippen LogP contribution in [0.3, 0.4) is 0 Å². The van der Waals surface area contributed by atoms with Crippen molar-refractivity contribution in [3.63, 3.8) is 0 Å². The van der Waals surface area contributed by atoms with Gasteiger partial charge in [-0.2, -0.15) is 8.78 Å². The highest BCUT2D eigenvalue weighted by molar-refractivity contribution is 5.75. The van der Waals surface area contributed by atoms with E-state index in [0.29, 0.717) is 12.1 Å². The third-order valence-electron chi connectivity index (χ3n) is 2.61. The Morgan fingerprint density at radius 3 is 2.55 bits per heavy atom. The fourth-order valence-corrected chi connectivity index (χ4v) is 1.55. The van der Waals surface area contributed by atoms with Crippen molar-refractivity contribution in [2.45, 2.75) is 26.1 Å². The van der Waals surface area contributed by atoms with Gasteiger partial charge < -0.3 is 19.5 Å². The largest absolute Gasteiger partial charge is 0.493 e. The summed E-state index contributed by atoms with van der Waals surface area (Å²) in [6.07, 6.45) is 0. The van der Waals surface area contributed by atoms with Gasteiger partial charge in [0.1, 0.15) is 6.04 Å². The minimum atomic E-state index is -2.93. The number of benzene rings is 1. The number of carbonyl (C=O) groups is 1. The molecule has 0 saturated carbocycles. The molecule has 1 aromatic rings. The summed E-state index contributed by atoms with van der Waals surface area (Å²) in [6.45, 7) is -0.979. The molecule has 0 bridgehead atoms. The molecule has 0 saturated heterocycles. The molecule has 1 aromatic carbocycles. The lowest BCUT2D eigenvalue weighted by atomic mass is 10.2. The van der Waals surface area contributed by atoms with Crippen molar-refractivity contribution in [1.29, 1.82) is 0 Å². The zero-order valence-electron chi connectivity index (χ0n) is 11.5. The van der Waals surface area contributed by atoms with Gasteiger partial charge in [0.15, 0.2) is 11.5 Å². The lowest BCUT2D eigenvalue weighted by Gasteiger charge is -2.14. The Labute approximate surface area is 115 Å². The van der Waals surface area contributed by atoms with Crippen molar-refractivity contribution >= 4 is 5.97 Å². The van der Waals surface area contributed by atoms with Crippen LogP contribution in [-0.2, 0) is 16.1 Å². The van der Waals surface area contributed by atoms with Gasteiger partial charge in [0.05, 0.1) is 14.2 Å². The van der Waals surface area contributed by atoms with Crippen molar-refractivity contribution in [3.05, 3.63) is 23.8 Å². The van der Waals surface area contributed by atoms with Crippen molar-refractivity contribution in [2.75, 3.05) is 14.2 Å². The van der Waals surface area contributed by atoms with Crippen LogP contribution in [0.5, 0.6) is 11.5 Å². The number of halogens is 2. The smallest absolute Gasteiger partial charge is 0.387 e. The van der Waals surface area contributed by atoms with Gasteiger partial charge in [0.2, 0.25) is 0 Å².